The second kappa shape index (κ2) is 8.78. The molecular formula is C24H19N3O5. The molecule has 2 N–H and O–H groups in total. The van der Waals surface area contributed by atoms with Crippen molar-refractivity contribution in [3.63, 3.8) is 0 Å². The van der Waals surface area contributed by atoms with Crippen LogP contribution in [0.4, 0.5) is 10.5 Å². The lowest BCUT2D eigenvalue weighted by Gasteiger charge is -2.14. The number of rotatable bonds is 4. The van der Waals surface area contributed by atoms with Gasteiger partial charge in [-0.15, -0.1) is 0 Å². The molecule has 0 fully saturated rings. The minimum absolute atomic E-state index is 0.0109. The SMILES string of the molecule is Cc1c(C#CCNC(=O)OCC2c3ccccc3-c3ccccc32)c[nH]c(=O)c1[N+](=O)[O-]. The fraction of sp³-hybridized carbons (Fsp3) is 0.167. The molecule has 0 radical (unpaired) electrons. The molecule has 0 saturated carbocycles. The quantitative estimate of drug-likeness (QED) is 0.374. The second-order valence-corrected chi connectivity index (χ2v) is 7.24. The zero-order chi connectivity index (χ0) is 22.7. The van der Waals surface area contributed by atoms with Crippen LogP contribution >= 0.6 is 0 Å². The predicted octanol–water partition coefficient (Wildman–Crippen LogP) is 3.48. The molecule has 1 aliphatic carbocycles. The van der Waals surface area contributed by atoms with Crippen LogP contribution in [0.2, 0.25) is 0 Å². The molecule has 1 aromatic heterocycles. The number of alkyl carbamates (subject to hydrolysis) is 1. The van der Waals surface area contributed by atoms with Gasteiger partial charge in [-0.25, -0.2) is 4.79 Å². The Balaban J connectivity index is 1.37. The van der Waals surface area contributed by atoms with E-state index in [-0.39, 0.29) is 24.6 Å². The first-order valence-corrected chi connectivity index (χ1v) is 9.91. The van der Waals surface area contributed by atoms with Crippen LogP contribution in [-0.4, -0.2) is 29.2 Å². The monoisotopic (exact) mass is 429 g/mol. The van der Waals surface area contributed by atoms with Crippen LogP contribution in [0.1, 0.15) is 28.2 Å². The summed E-state index contributed by atoms with van der Waals surface area (Å²) in [6, 6.07) is 16.1. The number of nitrogens with one attached hydrogen (secondary N) is 2. The summed E-state index contributed by atoms with van der Waals surface area (Å²) in [6.45, 7) is 1.64. The molecule has 1 aliphatic rings. The third kappa shape index (κ3) is 3.96. The average Bonchev–Trinajstić information content (AvgIpc) is 3.10. The van der Waals surface area contributed by atoms with Gasteiger partial charge in [-0.2, -0.15) is 0 Å². The molecule has 0 bridgehead atoms. The molecule has 0 unspecified atom stereocenters. The average molecular weight is 429 g/mol. The van der Waals surface area contributed by atoms with E-state index >= 15 is 0 Å². The summed E-state index contributed by atoms with van der Waals surface area (Å²) >= 11 is 0. The molecular weight excluding hydrogens is 410 g/mol. The molecule has 1 heterocycles. The van der Waals surface area contributed by atoms with Gasteiger partial charge in [0.15, 0.2) is 0 Å². The summed E-state index contributed by atoms with van der Waals surface area (Å²) in [5, 5.41) is 13.6. The van der Waals surface area contributed by atoms with Crippen LogP contribution in [0.3, 0.4) is 0 Å². The van der Waals surface area contributed by atoms with Crippen molar-refractivity contribution in [3.8, 4) is 23.0 Å². The first kappa shape index (κ1) is 20.9. The topological polar surface area (TPSA) is 114 Å². The van der Waals surface area contributed by atoms with Crippen LogP contribution < -0.4 is 10.9 Å². The van der Waals surface area contributed by atoms with Gasteiger partial charge in [-0.1, -0.05) is 60.4 Å². The Morgan fingerprint density at radius 3 is 2.41 bits per heavy atom. The number of aromatic nitrogens is 1. The normalized spacial score (nSPS) is 11.7. The summed E-state index contributed by atoms with van der Waals surface area (Å²) in [6.07, 6.45) is 0.704. The molecule has 0 saturated heterocycles. The molecule has 2 aromatic carbocycles. The van der Waals surface area contributed by atoms with E-state index in [0.717, 1.165) is 22.3 Å². The number of carbonyl (C=O) groups excluding carboxylic acids is 1. The second-order valence-electron chi connectivity index (χ2n) is 7.24. The molecule has 32 heavy (non-hydrogen) atoms. The first-order chi connectivity index (χ1) is 15.5. The summed E-state index contributed by atoms with van der Waals surface area (Å²) in [5.74, 6) is 5.39. The van der Waals surface area contributed by atoms with Crippen LogP contribution in [0.25, 0.3) is 11.1 Å². The Morgan fingerprint density at radius 2 is 1.78 bits per heavy atom. The van der Waals surface area contributed by atoms with Gasteiger partial charge in [-0.3, -0.25) is 14.9 Å². The third-order valence-electron chi connectivity index (χ3n) is 5.39. The molecule has 0 atom stereocenters. The highest BCUT2D eigenvalue weighted by Crippen LogP contribution is 2.44. The molecule has 1 amide bonds. The van der Waals surface area contributed by atoms with Gasteiger partial charge in [0, 0.05) is 17.7 Å². The zero-order valence-corrected chi connectivity index (χ0v) is 17.2. The number of amides is 1. The summed E-state index contributed by atoms with van der Waals surface area (Å²) in [5.41, 5.74) is 3.70. The number of fused-ring (bicyclic) bond motifs is 3. The Hall–Kier alpha value is -4.38. The number of nitrogens with zero attached hydrogens (tertiary/aromatic N) is 1. The van der Waals surface area contributed by atoms with Gasteiger partial charge in [0.05, 0.1) is 17.0 Å². The number of hydrogen-bond donors (Lipinski definition) is 2. The highest BCUT2D eigenvalue weighted by atomic mass is 16.6. The highest BCUT2D eigenvalue weighted by molar-refractivity contribution is 5.79. The minimum atomic E-state index is -0.783. The number of hydrogen-bond acceptors (Lipinski definition) is 5. The molecule has 4 rings (SSSR count). The predicted molar refractivity (Wildman–Crippen MR) is 118 cm³/mol. The number of pyridine rings is 1. The van der Waals surface area contributed by atoms with E-state index in [2.05, 4.69) is 34.3 Å². The smallest absolute Gasteiger partial charge is 0.407 e. The Kier molecular flexibility index (Phi) is 5.73. The van der Waals surface area contributed by atoms with E-state index < -0.39 is 22.3 Å². The van der Waals surface area contributed by atoms with Crippen molar-refractivity contribution in [2.24, 2.45) is 0 Å². The molecule has 0 spiro atoms. The number of aromatic amines is 1. The summed E-state index contributed by atoms with van der Waals surface area (Å²) in [4.78, 5) is 36.3. The van der Waals surface area contributed by atoms with Gasteiger partial charge >= 0.3 is 17.3 Å². The number of benzene rings is 2. The lowest BCUT2D eigenvalue weighted by atomic mass is 9.98. The molecule has 8 nitrogen and oxygen atoms in total. The van der Waals surface area contributed by atoms with Crippen LogP contribution in [0.15, 0.2) is 59.5 Å². The largest absolute Gasteiger partial charge is 0.449 e. The van der Waals surface area contributed by atoms with Gasteiger partial charge in [0.25, 0.3) is 0 Å². The maximum absolute atomic E-state index is 12.2. The van der Waals surface area contributed by atoms with E-state index in [1.165, 1.54) is 13.1 Å². The van der Waals surface area contributed by atoms with Crippen molar-refractivity contribution in [3.05, 3.63) is 97.4 Å². The van der Waals surface area contributed by atoms with E-state index in [1.807, 2.05) is 36.4 Å². The summed E-state index contributed by atoms with van der Waals surface area (Å²) in [7, 11) is 0. The third-order valence-corrected chi connectivity index (χ3v) is 5.39. The fourth-order valence-electron chi connectivity index (χ4n) is 3.87. The molecule has 0 aliphatic heterocycles. The highest BCUT2D eigenvalue weighted by Gasteiger charge is 2.28. The standard InChI is InChI=1S/C24H19N3O5/c1-15-16(13-26-23(28)22(15)27(30)31)7-6-12-25-24(29)32-14-21-19-10-4-2-8-17(19)18-9-3-5-11-20(18)21/h2-5,8-11,13,21H,12,14H2,1H3,(H,25,29)(H,26,28). The molecule has 3 aromatic rings. The first-order valence-electron chi connectivity index (χ1n) is 9.91. The number of carbonyl (C=O) groups is 1. The van der Waals surface area contributed by atoms with E-state index in [9.17, 15) is 19.7 Å². The fourth-order valence-corrected chi connectivity index (χ4v) is 3.87. The number of H-pyrrole nitrogens is 1. The van der Waals surface area contributed by atoms with E-state index in [4.69, 9.17) is 4.74 Å². The molecule has 160 valence electrons. The molecule has 8 heteroatoms. The van der Waals surface area contributed by atoms with E-state index in [1.54, 1.807) is 0 Å². The van der Waals surface area contributed by atoms with Crippen LogP contribution in [0, 0.1) is 28.9 Å². The van der Waals surface area contributed by atoms with Crippen molar-refractivity contribution < 1.29 is 14.5 Å². The van der Waals surface area contributed by atoms with Crippen molar-refractivity contribution in [1.29, 1.82) is 0 Å². The van der Waals surface area contributed by atoms with Crippen LogP contribution in [-0.2, 0) is 4.74 Å². The maximum atomic E-state index is 12.2. The van der Waals surface area contributed by atoms with Crippen molar-refractivity contribution in [1.82, 2.24) is 10.3 Å². The lowest BCUT2D eigenvalue weighted by molar-refractivity contribution is -0.386. The van der Waals surface area contributed by atoms with Crippen LogP contribution in [0.5, 0.6) is 0 Å². The number of nitro groups is 1. The van der Waals surface area contributed by atoms with Gasteiger partial charge in [0.2, 0.25) is 0 Å². The van der Waals surface area contributed by atoms with E-state index in [0.29, 0.717) is 5.56 Å². The van der Waals surface area contributed by atoms with Crippen molar-refractivity contribution in [2.75, 3.05) is 13.2 Å². The van der Waals surface area contributed by atoms with Gasteiger partial charge in [-0.05, 0) is 29.2 Å². The number of ether oxygens (including phenoxy) is 1. The van der Waals surface area contributed by atoms with Crippen molar-refractivity contribution >= 4 is 11.8 Å². The maximum Gasteiger partial charge on any atom is 0.407 e. The van der Waals surface area contributed by atoms with Gasteiger partial charge < -0.3 is 15.0 Å². The Bertz CT molecular complexity index is 1290. The Labute approximate surface area is 183 Å². The zero-order valence-electron chi connectivity index (χ0n) is 17.2. The summed E-state index contributed by atoms with van der Waals surface area (Å²) < 4.78 is 5.43. The van der Waals surface area contributed by atoms with Gasteiger partial charge in [0.1, 0.15) is 6.61 Å². The lowest BCUT2D eigenvalue weighted by Crippen LogP contribution is -2.26. The Morgan fingerprint density at radius 1 is 1.16 bits per heavy atom. The minimum Gasteiger partial charge on any atom is -0.449 e. The van der Waals surface area contributed by atoms with Crippen molar-refractivity contribution in [2.45, 2.75) is 12.8 Å².